The predicted molar refractivity (Wildman–Crippen MR) is 133 cm³/mol. The molecule has 7 nitrogen and oxygen atoms in total. The number of ether oxygens (including phenoxy) is 3. The van der Waals surface area contributed by atoms with Gasteiger partial charge in [0.25, 0.3) is 5.91 Å². The quantitative estimate of drug-likeness (QED) is 0.440. The summed E-state index contributed by atoms with van der Waals surface area (Å²) in [5.41, 5.74) is 2.69. The minimum absolute atomic E-state index is 0.268. The molecule has 3 aromatic carbocycles. The van der Waals surface area contributed by atoms with Crippen molar-refractivity contribution in [3.05, 3.63) is 89.5 Å². The van der Waals surface area contributed by atoms with Gasteiger partial charge in [0.2, 0.25) is 5.91 Å². The molecule has 0 aliphatic carbocycles. The number of nitrogens with one attached hydrogen (secondary N) is 2. The summed E-state index contributed by atoms with van der Waals surface area (Å²) in [5.74, 6) is 1.44. The summed E-state index contributed by atoms with van der Waals surface area (Å²) in [6.07, 6.45) is 3.74. The lowest BCUT2D eigenvalue weighted by atomic mass is 10.1. The summed E-state index contributed by atoms with van der Waals surface area (Å²) >= 11 is 0. The van der Waals surface area contributed by atoms with Crippen molar-refractivity contribution in [1.29, 1.82) is 0 Å². The molecule has 0 saturated heterocycles. The first-order valence-corrected chi connectivity index (χ1v) is 10.7. The fraction of sp³-hybridized carbons (Fsp3) is 0.185. The molecule has 3 rings (SSSR count). The highest BCUT2D eigenvalue weighted by molar-refractivity contribution is 6.07. The van der Waals surface area contributed by atoms with E-state index >= 15 is 0 Å². The Balaban J connectivity index is 1.58. The normalized spacial score (nSPS) is 10.6. The van der Waals surface area contributed by atoms with Crippen molar-refractivity contribution in [3.8, 4) is 17.2 Å². The number of para-hydroxylation sites is 1. The molecule has 0 radical (unpaired) electrons. The van der Waals surface area contributed by atoms with Gasteiger partial charge in [-0.25, -0.2) is 0 Å². The number of carbonyl (C=O) groups is 2. The van der Waals surface area contributed by atoms with Crippen LogP contribution >= 0.6 is 0 Å². The van der Waals surface area contributed by atoms with Crippen LogP contribution in [0.5, 0.6) is 17.2 Å². The van der Waals surface area contributed by atoms with Crippen LogP contribution in [0.1, 0.15) is 21.5 Å². The molecule has 176 valence electrons. The Labute approximate surface area is 199 Å². The van der Waals surface area contributed by atoms with E-state index in [-0.39, 0.29) is 11.8 Å². The van der Waals surface area contributed by atoms with Gasteiger partial charge >= 0.3 is 0 Å². The lowest BCUT2D eigenvalue weighted by molar-refractivity contribution is -0.111. The van der Waals surface area contributed by atoms with Crippen LogP contribution in [0.3, 0.4) is 0 Å². The van der Waals surface area contributed by atoms with Crippen LogP contribution in [0.4, 0.5) is 5.69 Å². The summed E-state index contributed by atoms with van der Waals surface area (Å²) in [5, 5.41) is 5.68. The predicted octanol–water partition coefficient (Wildman–Crippen LogP) is 4.34. The molecule has 0 fully saturated rings. The number of rotatable bonds is 10. The van der Waals surface area contributed by atoms with Crippen molar-refractivity contribution < 1.29 is 23.8 Å². The fourth-order valence-electron chi connectivity index (χ4n) is 3.30. The van der Waals surface area contributed by atoms with E-state index in [0.717, 1.165) is 16.9 Å². The molecule has 2 amide bonds. The first-order valence-electron chi connectivity index (χ1n) is 10.7. The smallest absolute Gasteiger partial charge is 0.253 e. The summed E-state index contributed by atoms with van der Waals surface area (Å²) in [7, 11) is 4.77. The molecule has 3 aromatic rings. The van der Waals surface area contributed by atoms with E-state index in [0.29, 0.717) is 35.7 Å². The van der Waals surface area contributed by atoms with Crippen molar-refractivity contribution in [2.45, 2.75) is 6.42 Å². The van der Waals surface area contributed by atoms with Crippen molar-refractivity contribution in [3.63, 3.8) is 0 Å². The highest BCUT2D eigenvalue weighted by Gasteiger charge is 2.12. The standard InChI is InChI=1S/C27H28N2O5/c1-32-21-12-8-19(9-13-21)11-15-26(30)29-23-7-5-4-6-22(23)27(31)28-17-16-20-10-14-24(33-2)25(18-20)34-3/h4-15,18H,16-17H2,1-3H3,(H,28,31)(H,29,30)/b15-11+. The van der Waals surface area contributed by atoms with E-state index in [9.17, 15) is 9.59 Å². The number of hydrogen-bond donors (Lipinski definition) is 2. The topological polar surface area (TPSA) is 85.9 Å². The van der Waals surface area contributed by atoms with Crippen LogP contribution in [-0.2, 0) is 11.2 Å². The molecule has 0 atom stereocenters. The van der Waals surface area contributed by atoms with Gasteiger partial charge in [-0.3, -0.25) is 9.59 Å². The highest BCUT2D eigenvalue weighted by Crippen LogP contribution is 2.27. The first-order chi connectivity index (χ1) is 16.5. The van der Waals surface area contributed by atoms with Gasteiger partial charge in [0, 0.05) is 12.6 Å². The van der Waals surface area contributed by atoms with Gasteiger partial charge in [0.05, 0.1) is 32.6 Å². The van der Waals surface area contributed by atoms with Gasteiger partial charge in [0.1, 0.15) is 5.75 Å². The number of anilines is 1. The van der Waals surface area contributed by atoms with Crippen molar-refractivity contribution in [1.82, 2.24) is 5.32 Å². The lowest BCUT2D eigenvalue weighted by Gasteiger charge is -2.12. The molecule has 0 spiro atoms. The zero-order valence-electron chi connectivity index (χ0n) is 19.5. The van der Waals surface area contributed by atoms with E-state index in [1.807, 2.05) is 42.5 Å². The third kappa shape index (κ3) is 6.62. The minimum Gasteiger partial charge on any atom is -0.497 e. The molecule has 0 heterocycles. The second kappa shape index (κ2) is 12.1. The SMILES string of the molecule is COc1ccc(/C=C/C(=O)Nc2ccccc2C(=O)NCCc2ccc(OC)c(OC)c2)cc1. The second-order valence-electron chi connectivity index (χ2n) is 7.34. The Kier molecular flexibility index (Phi) is 8.68. The van der Waals surface area contributed by atoms with Crippen LogP contribution < -0.4 is 24.8 Å². The molecule has 0 bridgehead atoms. The van der Waals surface area contributed by atoms with Crippen molar-refractivity contribution in [2.75, 3.05) is 33.2 Å². The molecule has 0 aliphatic heterocycles. The van der Waals surface area contributed by atoms with Gasteiger partial charge in [-0.05, 0) is 60.0 Å². The van der Waals surface area contributed by atoms with E-state index in [2.05, 4.69) is 10.6 Å². The third-order valence-corrected chi connectivity index (χ3v) is 5.12. The number of methoxy groups -OCH3 is 3. The maximum absolute atomic E-state index is 12.8. The molecule has 0 unspecified atom stereocenters. The van der Waals surface area contributed by atoms with E-state index in [4.69, 9.17) is 14.2 Å². The Morgan fingerprint density at radius 2 is 1.59 bits per heavy atom. The Bertz CT molecular complexity index is 1160. The van der Waals surface area contributed by atoms with Gasteiger partial charge < -0.3 is 24.8 Å². The molecule has 0 aromatic heterocycles. The summed E-state index contributed by atoms with van der Waals surface area (Å²) in [6.45, 7) is 0.425. The monoisotopic (exact) mass is 460 g/mol. The Morgan fingerprint density at radius 1 is 0.853 bits per heavy atom. The van der Waals surface area contributed by atoms with E-state index < -0.39 is 0 Å². The molecule has 0 aliphatic rings. The zero-order valence-corrected chi connectivity index (χ0v) is 19.5. The zero-order chi connectivity index (χ0) is 24.3. The third-order valence-electron chi connectivity index (χ3n) is 5.12. The summed E-state index contributed by atoms with van der Waals surface area (Å²) < 4.78 is 15.7. The van der Waals surface area contributed by atoms with E-state index in [1.165, 1.54) is 6.08 Å². The number of hydrogen-bond acceptors (Lipinski definition) is 5. The highest BCUT2D eigenvalue weighted by atomic mass is 16.5. The Morgan fingerprint density at radius 3 is 2.29 bits per heavy atom. The first kappa shape index (κ1) is 24.4. The second-order valence-corrected chi connectivity index (χ2v) is 7.34. The van der Waals surface area contributed by atoms with Crippen molar-refractivity contribution in [2.24, 2.45) is 0 Å². The number of amides is 2. The molecule has 34 heavy (non-hydrogen) atoms. The largest absolute Gasteiger partial charge is 0.497 e. The van der Waals surface area contributed by atoms with Crippen LogP contribution in [0.15, 0.2) is 72.8 Å². The van der Waals surface area contributed by atoms with Gasteiger partial charge in [0.15, 0.2) is 11.5 Å². The number of benzene rings is 3. The molecule has 2 N–H and O–H groups in total. The number of carbonyl (C=O) groups excluding carboxylic acids is 2. The average molecular weight is 461 g/mol. The summed E-state index contributed by atoms with van der Waals surface area (Å²) in [6, 6.07) is 19.9. The van der Waals surface area contributed by atoms with Gasteiger partial charge in [-0.2, -0.15) is 0 Å². The van der Waals surface area contributed by atoms with Gasteiger partial charge in [-0.15, -0.1) is 0 Å². The maximum Gasteiger partial charge on any atom is 0.253 e. The van der Waals surface area contributed by atoms with Crippen LogP contribution in [0.2, 0.25) is 0 Å². The van der Waals surface area contributed by atoms with Crippen LogP contribution in [0, 0.1) is 0 Å². The maximum atomic E-state index is 12.8. The molecular formula is C27H28N2O5. The lowest BCUT2D eigenvalue weighted by Crippen LogP contribution is -2.27. The van der Waals surface area contributed by atoms with E-state index in [1.54, 1.807) is 51.7 Å². The summed E-state index contributed by atoms with van der Waals surface area (Å²) in [4.78, 5) is 25.2. The average Bonchev–Trinajstić information content (AvgIpc) is 2.87. The van der Waals surface area contributed by atoms with Crippen LogP contribution in [0.25, 0.3) is 6.08 Å². The molecule has 7 heteroatoms. The molecule has 0 saturated carbocycles. The van der Waals surface area contributed by atoms with Crippen LogP contribution in [-0.4, -0.2) is 39.7 Å². The van der Waals surface area contributed by atoms with Crippen molar-refractivity contribution >= 4 is 23.6 Å². The van der Waals surface area contributed by atoms with Gasteiger partial charge in [-0.1, -0.05) is 30.3 Å². The fourth-order valence-corrected chi connectivity index (χ4v) is 3.30. The molecular weight excluding hydrogens is 432 g/mol. The minimum atomic E-state index is -0.332. The Hall–Kier alpha value is -4.26.